The standard InChI is InChI=1S/C10H8N3.Pt/c1-11-9-7-5-3-4-6-8(7)10(12-2)13-9;/h3-6H,1-2H2;/q-3;. The fourth-order valence-electron chi connectivity index (χ4n) is 1.33. The first kappa shape index (κ1) is 10.9. The molecule has 0 bridgehead atoms. The van der Waals surface area contributed by atoms with Crippen LogP contribution in [-0.2, 0) is 21.1 Å². The SMILES string of the molecule is [CH2-]N=C1[N-]C(=N[CH2-])c2ccccc21.[Pt]. The van der Waals surface area contributed by atoms with Crippen LogP contribution in [0.1, 0.15) is 11.1 Å². The Bertz CT molecular complexity index is 359. The Morgan fingerprint density at radius 2 is 1.36 bits per heavy atom. The Labute approximate surface area is 97.6 Å². The van der Waals surface area contributed by atoms with Gasteiger partial charge in [0.1, 0.15) is 0 Å². The molecular formula is C10H8N3Pt-3. The average molecular weight is 365 g/mol. The van der Waals surface area contributed by atoms with Crippen molar-refractivity contribution < 1.29 is 21.1 Å². The first-order valence-corrected chi connectivity index (χ1v) is 3.85. The molecule has 0 aromatic heterocycles. The topological polar surface area (TPSA) is 38.8 Å². The number of hydrogen-bond donors (Lipinski definition) is 0. The molecule has 0 saturated heterocycles. The van der Waals surface area contributed by atoms with Crippen molar-refractivity contribution in [2.45, 2.75) is 0 Å². The van der Waals surface area contributed by atoms with Gasteiger partial charge in [0.15, 0.2) is 0 Å². The van der Waals surface area contributed by atoms with Crippen molar-refractivity contribution in [3.05, 3.63) is 54.8 Å². The molecule has 0 spiro atoms. The van der Waals surface area contributed by atoms with E-state index in [4.69, 9.17) is 0 Å². The summed E-state index contributed by atoms with van der Waals surface area (Å²) in [4.78, 5) is 7.64. The molecule has 1 aliphatic heterocycles. The quantitative estimate of drug-likeness (QED) is 0.632. The molecular weight excluding hydrogens is 357 g/mol. The van der Waals surface area contributed by atoms with Gasteiger partial charge in [-0.25, -0.2) is 14.1 Å². The van der Waals surface area contributed by atoms with E-state index in [1.54, 1.807) is 0 Å². The molecule has 0 saturated carbocycles. The molecule has 1 heterocycles. The Morgan fingerprint density at radius 1 is 0.929 bits per heavy atom. The van der Waals surface area contributed by atoms with Gasteiger partial charge in [-0.3, -0.25) is 0 Å². The van der Waals surface area contributed by atoms with Crippen LogP contribution in [0.2, 0.25) is 0 Å². The molecule has 1 aromatic rings. The van der Waals surface area contributed by atoms with E-state index in [1.165, 1.54) is 0 Å². The van der Waals surface area contributed by atoms with Crippen molar-refractivity contribution in [3.8, 4) is 0 Å². The summed E-state index contributed by atoms with van der Waals surface area (Å²) in [6.07, 6.45) is 0. The molecule has 2 rings (SSSR count). The third-order valence-corrected chi connectivity index (χ3v) is 1.92. The molecule has 1 aromatic carbocycles. The van der Waals surface area contributed by atoms with Crippen LogP contribution < -0.4 is 0 Å². The van der Waals surface area contributed by atoms with Gasteiger partial charge in [0.05, 0.1) is 0 Å². The maximum atomic E-state index is 4.17. The zero-order chi connectivity index (χ0) is 9.26. The van der Waals surface area contributed by atoms with Crippen LogP contribution in [0, 0.1) is 14.1 Å². The van der Waals surface area contributed by atoms with Crippen LogP contribution in [0.3, 0.4) is 0 Å². The molecule has 4 heteroatoms. The van der Waals surface area contributed by atoms with E-state index in [1.807, 2.05) is 24.3 Å². The van der Waals surface area contributed by atoms with E-state index in [-0.39, 0.29) is 21.1 Å². The monoisotopic (exact) mass is 365 g/mol. The number of benzene rings is 1. The molecule has 0 amide bonds. The predicted molar refractivity (Wildman–Crippen MR) is 53.6 cm³/mol. The molecule has 0 N–H and O–H groups in total. The summed E-state index contributed by atoms with van der Waals surface area (Å²) < 4.78 is 0. The molecule has 1 aliphatic rings. The van der Waals surface area contributed by atoms with Crippen molar-refractivity contribution in [1.29, 1.82) is 0 Å². The zero-order valence-corrected chi connectivity index (χ0v) is 9.65. The summed E-state index contributed by atoms with van der Waals surface area (Å²) in [5, 5.41) is 4.17. The summed E-state index contributed by atoms with van der Waals surface area (Å²) in [6.45, 7) is 0. The van der Waals surface area contributed by atoms with Gasteiger partial charge in [0.2, 0.25) is 0 Å². The Balaban J connectivity index is 0.000000980. The minimum Gasteiger partial charge on any atom is -0.566 e. The second-order valence-corrected chi connectivity index (χ2v) is 2.62. The van der Waals surface area contributed by atoms with Gasteiger partial charge in [-0.05, 0) is 0 Å². The molecule has 0 radical (unpaired) electrons. The number of amidine groups is 2. The zero-order valence-electron chi connectivity index (χ0n) is 7.38. The van der Waals surface area contributed by atoms with Crippen molar-refractivity contribution in [1.82, 2.24) is 0 Å². The van der Waals surface area contributed by atoms with Crippen LogP contribution in [0.5, 0.6) is 0 Å². The van der Waals surface area contributed by atoms with Gasteiger partial charge in [-0.15, -0.1) is 11.1 Å². The van der Waals surface area contributed by atoms with Crippen LogP contribution in [0.25, 0.3) is 5.32 Å². The van der Waals surface area contributed by atoms with E-state index in [0.29, 0.717) is 11.7 Å². The Morgan fingerprint density at radius 3 is 1.71 bits per heavy atom. The van der Waals surface area contributed by atoms with Crippen molar-refractivity contribution >= 4 is 11.7 Å². The molecule has 3 nitrogen and oxygen atoms in total. The van der Waals surface area contributed by atoms with E-state index in [9.17, 15) is 0 Å². The molecule has 14 heavy (non-hydrogen) atoms. The van der Waals surface area contributed by atoms with E-state index < -0.39 is 0 Å². The summed E-state index contributed by atoms with van der Waals surface area (Å²) in [7, 11) is 6.91. The van der Waals surface area contributed by atoms with Crippen LogP contribution in [0.4, 0.5) is 0 Å². The summed E-state index contributed by atoms with van der Waals surface area (Å²) in [5.74, 6) is 1.25. The van der Waals surface area contributed by atoms with Crippen molar-refractivity contribution in [2.24, 2.45) is 9.98 Å². The number of fused-ring (bicyclic) bond motifs is 1. The van der Waals surface area contributed by atoms with Gasteiger partial charge in [-0.1, -0.05) is 24.3 Å². The predicted octanol–water partition coefficient (Wildman–Crippen LogP) is 2.15. The number of aliphatic imine (C=N–C) groups is 2. The van der Waals surface area contributed by atoms with Gasteiger partial charge in [0, 0.05) is 21.1 Å². The fraction of sp³-hybridized carbons (Fsp3) is 0. The second-order valence-electron chi connectivity index (χ2n) is 2.62. The van der Waals surface area contributed by atoms with Crippen LogP contribution in [0.15, 0.2) is 34.3 Å². The molecule has 0 unspecified atom stereocenters. The molecule has 76 valence electrons. The maximum Gasteiger partial charge on any atom is 0 e. The largest absolute Gasteiger partial charge is 0.566 e. The number of rotatable bonds is 0. The first-order chi connectivity index (χ1) is 6.36. The molecule has 0 fully saturated rings. The maximum absolute atomic E-state index is 4.17. The van der Waals surface area contributed by atoms with Crippen LogP contribution in [-0.4, -0.2) is 11.7 Å². The summed E-state index contributed by atoms with van der Waals surface area (Å²) in [5.41, 5.74) is 1.94. The van der Waals surface area contributed by atoms with Gasteiger partial charge in [-0.2, -0.15) is 11.7 Å². The van der Waals surface area contributed by atoms with Crippen molar-refractivity contribution in [3.63, 3.8) is 0 Å². The van der Waals surface area contributed by atoms with Gasteiger partial charge in [0.25, 0.3) is 0 Å². The minimum absolute atomic E-state index is 0. The van der Waals surface area contributed by atoms with Gasteiger partial charge < -0.3 is 15.3 Å². The van der Waals surface area contributed by atoms with E-state index >= 15 is 0 Å². The second kappa shape index (κ2) is 4.34. The Hall–Kier alpha value is -1.21. The van der Waals surface area contributed by atoms with Crippen molar-refractivity contribution in [2.75, 3.05) is 0 Å². The molecule has 0 atom stereocenters. The third kappa shape index (κ3) is 1.55. The Kier molecular flexibility index (Phi) is 3.37. The summed E-state index contributed by atoms with van der Waals surface area (Å²) in [6, 6.07) is 7.76. The number of hydrogen-bond acceptors (Lipinski definition) is 2. The summed E-state index contributed by atoms with van der Waals surface area (Å²) >= 11 is 0. The normalized spacial score (nSPS) is 18.9. The molecule has 0 aliphatic carbocycles. The van der Waals surface area contributed by atoms with E-state index in [2.05, 4.69) is 29.4 Å². The fourth-order valence-corrected chi connectivity index (χ4v) is 1.33. The number of nitrogens with zero attached hydrogens (tertiary/aromatic N) is 3. The first-order valence-electron chi connectivity index (χ1n) is 3.85. The smallest absolute Gasteiger partial charge is 0 e. The van der Waals surface area contributed by atoms with Gasteiger partial charge >= 0.3 is 0 Å². The minimum atomic E-state index is 0. The van der Waals surface area contributed by atoms with Crippen LogP contribution >= 0.6 is 0 Å². The van der Waals surface area contributed by atoms with E-state index in [0.717, 1.165) is 11.1 Å². The average Bonchev–Trinajstić information content (AvgIpc) is 2.56. The third-order valence-electron chi connectivity index (χ3n) is 1.92.